The molecule has 1 atom stereocenters. The Morgan fingerprint density at radius 1 is 0.925 bits per heavy atom. The molecule has 2 N–H and O–H groups in total. The average Bonchev–Trinajstić information content (AvgIpc) is 2.96. The summed E-state index contributed by atoms with van der Waals surface area (Å²) in [6.45, 7) is 6.67. The van der Waals surface area contributed by atoms with E-state index in [4.69, 9.17) is 0 Å². The Bertz CT molecular complexity index is 1320. The fraction of sp³-hybridized carbons (Fsp3) is 0.375. The molecule has 3 amide bonds. The van der Waals surface area contributed by atoms with Gasteiger partial charge in [0.05, 0.1) is 18.0 Å². The van der Waals surface area contributed by atoms with Gasteiger partial charge in [-0.1, -0.05) is 63.2 Å². The van der Waals surface area contributed by atoms with E-state index in [2.05, 4.69) is 20.5 Å². The van der Waals surface area contributed by atoms with Crippen LogP contribution in [0.15, 0.2) is 72.9 Å². The third-order valence-corrected chi connectivity index (χ3v) is 8.04. The highest BCUT2D eigenvalue weighted by molar-refractivity contribution is 5.97. The van der Waals surface area contributed by atoms with Crippen molar-refractivity contribution in [2.45, 2.75) is 58.0 Å². The number of hydrogen-bond acceptors (Lipinski definition) is 5. The second-order valence-electron chi connectivity index (χ2n) is 10.3. The first-order valence-electron chi connectivity index (χ1n) is 14.0. The van der Waals surface area contributed by atoms with Crippen molar-refractivity contribution in [1.82, 2.24) is 14.8 Å². The Labute approximate surface area is 236 Å². The second-order valence-corrected chi connectivity index (χ2v) is 10.3. The lowest BCUT2D eigenvalue weighted by Gasteiger charge is -2.51. The summed E-state index contributed by atoms with van der Waals surface area (Å²) in [4.78, 5) is 48.1. The van der Waals surface area contributed by atoms with Gasteiger partial charge in [-0.2, -0.15) is 0 Å². The van der Waals surface area contributed by atoms with E-state index in [0.717, 1.165) is 23.1 Å². The molecule has 0 radical (unpaired) electrons. The molecule has 2 aromatic carbocycles. The highest BCUT2D eigenvalue weighted by Crippen LogP contribution is 2.37. The van der Waals surface area contributed by atoms with Crippen LogP contribution >= 0.6 is 0 Å². The van der Waals surface area contributed by atoms with Crippen molar-refractivity contribution in [2.24, 2.45) is 0 Å². The van der Waals surface area contributed by atoms with Crippen LogP contribution in [-0.4, -0.2) is 58.2 Å². The number of piperazine rings is 1. The SMILES string of the molecule is CCc1ccc(NC(=O)CN2C(=O)C(CC)(CC)N(C)CC2c2ccccc2)cc1CC(=O)Nc1ccccn1. The van der Waals surface area contributed by atoms with Gasteiger partial charge in [0, 0.05) is 18.4 Å². The lowest BCUT2D eigenvalue weighted by atomic mass is 9.84. The molecule has 4 rings (SSSR count). The lowest BCUT2D eigenvalue weighted by molar-refractivity contribution is -0.158. The molecule has 40 heavy (non-hydrogen) atoms. The van der Waals surface area contributed by atoms with E-state index in [0.29, 0.717) is 30.9 Å². The standard InChI is InChI=1S/C32H39N5O3/c1-5-23-16-17-26(19-25(23)20-29(38)35-28-15-11-12-18-33-28)34-30(39)22-37-27(24-13-9-8-10-14-24)21-36(4)32(6-2,7-3)31(37)40/h8-19,27H,5-7,20-22H2,1-4H3,(H,34,39)(H,33,35,38). The number of nitrogens with one attached hydrogen (secondary N) is 2. The van der Waals surface area contributed by atoms with E-state index in [1.165, 1.54) is 0 Å². The molecule has 1 aliphatic rings. The molecule has 210 valence electrons. The Morgan fingerprint density at radius 3 is 2.30 bits per heavy atom. The van der Waals surface area contributed by atoms with Gasteiger partial charge in [-0.15, -0.1) is 0 Å². The minimum Gasteiger partial charge on any atom is -0.325 e. The van der Waals surface area contributed by atoms with Gasteiger partial charge < -0.3 is 15.5 Å². The van der Waals surface area contributed by atoms with Gasteiger partial charge in [0.25, 0.3) is 0 Å². The molecule has 0 bridgehead atoms. The summed E-state index contributed by atoms with van der Waals surface area (Å²) in [5.41, 5.74) is 2.83. The van der Waals surface area contributed by atoms with Gasteiger partial charge in [-0.25, -0.2) is 4.98 Å². The summed E-state index contributed by atoms with van der Waals surface area (Å²) in [6.07, 6.45) is 3.88. The van der Waals surface area contributed by atoms with Crippen LogP contribution in [0.2, 0.25) is 0 Å². The summed E-state index contributed by atoms with van der Waals surface area (Å²) >= 11 is 0. The molecule has 1 fully saturated rings. The normalized spacial score (nSPS) is 16.9. The molecule has 0 aliphatic carbocycles. The Morgan fingerprint density at radius 2 is 1.65 bits per heavy atom. The predicted octanol–water partition coefficient (Wildman–Crippen LogP) is 4.84. The van der Waals surface area contributed by atoms with Gasteiger partial charge in [0.1, 0.15) is 12.4 Å². The number of aromatic nitrogens is 1. The Kier molecular flexibility index (Phi) is 9.32. The van der Waals surface area contributed by atoms with Crippen molar-refractivity contribution in [1.29, 1.82) is 0 Å². The van der Waals surface area contributed by atoms with E-state index in [9.17, 15) is 14.4 Å². The van der Waals surface area contributed by atoms with Crippen molar-refractivity contribution in [3.63, 3.8) is 0 Å². The maximum Gasteiger partial charge on any atom is 0.244 e. The number of carbonyl (C=O) groups is 3. The van der Waals surface area contributed by atoms with Crippen molar-refractivity contribution in [3.8, 4) is 0 Å². The summed E-state index contributed by atoms with van der Waals surface area (Å²) in [5.74, 6) is 0.0210. The van der Waals surface area contributed by atoms with E-state index in [1.807, 2.05) is 82.4 Å². The van der Waals surface area contributed by atoms with E-state index in [-0.39, 0.29) is 36.7 Å². The number of pyridine rings is 1. The van der Waals surface area contributed by atoms with Crippen molar-refractivity contribution in [3.05, 3.63) is 89.6 Å². The van der Waals surface area contributed by atoms with Crippen LogP contribution in [-0.2, 0) is 27.2 Å². The second kappa shape index (κ2) is 12.9. The monoisotopic (exact) mass is 541 g/mol. The number of rotatable bonds is 10. The molecule has 0 spiro atoms. The molecule has 1 saturated heterocycles. The summed E-state index contributed by atoms with van der Waals surface area (Å²) in [6, 6.07) is 20.6. The third kappa shape index (κ3) is 6.23. The highest BCUT2D eigenvalue weighted by atomic mass is 16.2. The lowest BCUT2D eigenvalue weighted by Crippen LogP contribution is -2.65. The van der Waals surface area contributed by atoms with Crippen molar-refractivity contribution in [2.75, 3.05) is 30.8 Å². The molecule has 0 saturated carbocycles. The summed E-state index contributed by atoms with van der Waals surface area (Å²) in [7, 11) is 2.00. The van der Waals surface area contributed by atoms with Crippen molar-refractivity contribution >= 4 is 29.2 Å². The van der Waals surface area contributed by atoms with Crippen LogP contribution in [0.25, 0.3) is 0 Å². The largest absolute Gasteiger partial charge is 0.325 e. The smallest absolute Gasteiger partial charge is 0.244 e. The number of amides is 3. The molecule has 1 aliphatic heterocycles. The Hall–Kier alpha value is -4.04. The summed E-state index contributed by atoms with van der Waals surface area (Å²) in [5, 5.41) is 5.80. The fourth-order valence-corrected chi connectivity index (χ4v) is 5.70. The first kappa shape index (κ1) is 29.0. The molecule has 8 nitrogen and oxygen atoms in total. The van der Waals surface area contributed by atoms with Crippen LogP contribution in [0.4, 0.5) is 11.5 Å². The third-order valence-electron chi connectivity index (χ3n) is 8.04. The number of anilines is 2. The van der Waals surface area contributed by atoms with Crippen LogP contribution in [0, 0.1) is 0 Å². The van der Waals surface area contributed by atoms with Gasteiger partial charge in [-0.3, -0.25) is 19.3 Å². The first-order valence-corrected chi connectivity index (χ1v) is 14.0. The zero-order valence-corrected chi connectivity index (χ0v) is 23.8. The number of hydrogen-bond donors (Lipinski definition) is 2. The van der Waals surface area contributed by atoms with E-state index >= 15 is 0 Å². The van der Waals surface area contributed by atoms with Gasteiger partial charge in [0.2, 0.25) is 17.7 Å². The fourth-order valence-electron chi connectivity index (χ4n) is 5.70. The molecule has 1 aromatic heterocycles. The molecular formula is C32H39N5O3. The zero-order valence-electron chi connectivity index (χ0n) is 23.8. The average molecular weight is 542 g/mol. The minimum atomic E-state index is -0.636. The van der Waals surface area contributed by atoms with Crippen LogP contribution in [0.3, 0.4) is 0 Å². The van der Waals surface area contributed by atoms with E-state index in [1.54, 1.807) is 23.2 Å². The van der Waals surface area contributed by atoms with Crippen LogP contribution in [0.5, 0.6) is 0 Å². The number of aryl methyl sites for hydroxylation is 1. The van der Waals surface area contributed by atoms with Crippen LogP contribution in [0.1, 0.15) is 56.3 Å². The van der Waals surface area contributed by atoms with Crippen molar-refractivity contribution < 1.29 is 14.4 Å². The minimum absolute atomic E-state index is 0.0246. The number of carbonyl (C=O) groups excluding carboxylic acids is 3. The molecule has 1 unspecified atom stereocenters. The number of nitrogens with zero attached hydrogens (tertiary/aromatic N) is 3. The predicted molar refractivity (Wildman–Crippen MR) is 158 cm³/mol. The summed E-state index contributed by atoms with van der Waals surface area (Å²) < 4.78 is 0. The van der Waals surface area contributed by atoms with Gasteiger partial charge in [-0.05, 0) is 67.3 Å². The maximum atomic E-state index is 14.0. The molecule has 2 heterocycles. The van der Waals surface area contributed by atoms with Gasteiger partial charge >= 0.3 is 0 Å². The molecule has 3 aromatic rings. The quantitative estimate of drug-likeness (QED) is 0.383. The highest BCUT2D eigenvalue weighted by Gasteiger charge is 2.49. The first-order chi connectivity index (χ1) is 19.3. The van der Waals surface area contributed by atoms with Gasteiger partial charge in [0.15, 0.2) is 0 Å². The Balaban J connectivity index is 1.52. The zero-order chi connectivity index (χ0) is 28.7. The maximum absolute atomic E-state index is 14.0. The van der Waals surface area contributed by atoms with E-state index < -0.39 is 5.54 Å². The number of likely N-dealkylation sites (N-methyl/N-ethyl adjacent to an activating group) is 1. The topological polar surface area (TPSA) is 94.6 Å². The number of benzene rings is 2. The molecular weight excluding hydrogens is 502 g/mol. The van der Waals surface area contributed by atoms with Crippen LogP contribution < -0.4 is 10.6 Å². The molecule has 8 heteroatoms.